The zero-order chi connectivity index (χ0) is 12.6. The molecule has 2 rings (SSSR count). The minimum atomic E-state index is 0.449. The van der Waals surface area contributed by atoms with Crippen LogP contribution in [0.4, 0.5) is 0 Å². The van der Waals surface area contributed by atoms with Gasteiger partial charge in [0.2, 0.25) is 5.69 Å². The summed E-state index contributed by atoms with van der Waals surface area (Å²) in [6, 6.07) is 0. The van der Waals surface area contributed by atoms with Crippen LogP contribution < -0.4 is 10.5 Å². The van der Waals surface area contributed by atoms with Gasteiger partial charge in [-0.15, -0.1) is 0 Å². The van der Waals surface area contributed by atoms with Crippen molar-refractivity contribution < 1.29 is 9.41 Å². The summed E-state index contributed by atoms with van der Waals surface area (Å²) in [5, 5.41) is 0.457. The lowest BCUT2D eigenvalue weighted by atomic mass is 10.2. The van der Waals surface area contributed by atoms with Crippen molar-refractivity contribution in [1.29, 1.82) is 0 Å². The monoisotopic (exact) mass is 255 g/mol. The first kappa shape index (κ1) is 12.1. The van der Waals surface area contributed by atoms with E-state index in [4.69, 9.17) is 22.2 Å². The minimum absolute atomic E-state index is 0.449. The van der Waals surface area contributed by atoms with E-state index in [1.54, 1.807) is 0 Å². The predicted molar refractivity (Wildman–Crippen MR) is 66.3 cm³/mol. The average Bonchev–Trinajstić information content (AvgIpc) is 2.75. The molecule has 0 radical (unpaired) electrons. The van der Waals surface area contributed by atoms with Crippen LogP contribution >= 0.6 is 11.6 Å². The molecular formula is C11H16ClN4O+. The Morgan fingerprint density at radius 1 is 1.47 bits per heavy atom. The predicted octanol–water partition coefficient (Wildman–Crippen LogP) is 1.37. The van der Waals surface area contributed by atoms with E-state index in [2.05, 4.69) is 9.97 Å². The summed E-state index contributed by atoms with van der Waals surface area (Å²) in [4.78, 5) is 7.62. The summed E-state index contributed by atoms with van der Waals surface area (Å²) >= 11 is 6.18. The molecule has 0 aliphatic rings. The Balaban J connectivity index is 2.60. The van der Waals surface area contributed by atoms with Crippen molar-refractivity contribution in [2.24, 2.45) is 0 Å². The van der Waals surface area contributed by atoms with Crippen LogP contribution in [-0.2, 0) is 11.3 Å². The highest BCUT2D eigenvalue weighted by molar-refractivity contribution is 6.32. The highest BCUT2D eigenvalue weighted by Gasteiger charge is 2.22. The largest absolute Gasteiger partial charge is 0.374 e. The van der Waals surface area contributed by atoms with Gasteiger partial charge >= 0.3 is 5.15 Å². The molecule has 0 aliphatic heterocycles. The second-order valence-electron chi connectivity index (χ2n) is 3.92. The van der Waals surface area contributed by atoms with Crippen LogP contribution in [0.1, 0.15) is 24.0 Å². The number of rotatable bonds is 3. The number of aromatic nitrogens is 3. The first-order valence-corrected chi connectivity index (χ1v) is 5.86. The summed E-state index contributed by atoms with van der Waals surface area (Å²) in [7, 11) is 0. The van der Waals surface area contributed by atoms with Crippen molar-refractivity contribution >= 4 is 22.6 Å². The number of aromatic amines is 1. The molecule has 0 fully saturated rings. The second kappa shape index (κ2) is 4.50. The van der Waals surface area contributed by atoms with Crippen molar-refractivity contribution in [2.75, 3.05) is 12.4 Å². The number of fused-ring (bicyclic) bond motifs is 1. The third-order valence-corrected chi connectivity index (χ3v) is 3.24. The van der Waals surface area contributed by atoms with Gasteiger partial charge in [0.05, 0.1) is 0 Å². The van der Waals surface area contributed by atoms with Crippen LogP contribution in [0.5, 0.6) is 0 Å². The van der Waals surface area contributed by atoms with E-state index in [9.17, 15) is 0 Å². The second-order valence-corrected chi connectivity index (χ2v) is 4.27. The molecule has 0 amide bonds. The zero-order valence-corrected chi connectivity index (χ0v) is 10.9. The van der Waals surface area contributed by atoms with Crippen molar-refractivity contribution in [3.63, 3.8) is 0 Å². The first-order valence-electron chi connectivity index (χ1n) is 5.48. The number of ether oxygens (including phenoxy) is 1. The summed E-state index contributed by atoms with van der Waals surface area (Å²) < 4.78 is 6.77. The van der Waals surface area contributed by atoms with Crippen LogP contribution in [-0.4, -0.2) is 16.6 Å². The van der Waals surface area contributed by atoms with Gasteiger partial charge in [0.15, 0.2) is 5.52 Å². The fourth-order valence-electron chi connectivity index (χ4n) is 1.73. The summed E-state index contributed by atoms with van der Waals surface area (Å²) in [5.41, 5.74) is 3.53. The molecule has 3 N–H and O–H groups in total. The van der Waals surface area contributed by atoms with Gasteiger partial charge in [0.1, 0.15) is 17.9 Å². The van der Waals surface area contributed by atoms with Crippen LogP contribution in [0.25, 0.3) is 11.0 Å². The number of pyridine rings is 1. The summed E-state index contributed by atoms with van der Waals surface area (Å²) in [6.07, 6.45) is 0. The maximum Gasteiger partial charge on any atom is 0.329 e. The number of H-pyrrole nitrogens is 1. The van der Waals surface area contributed by atoms with Gasteiger partial charge in [-0.3, -0.25) is 0 Å². The Morgan fingerprint density at radius 3 is 2.82 bits per heavy atom. The van der Waals surface area contributed by atoms with E-state index in [1.165, 1.54) is 4.68 Å². The van der Waals surface area contributed by atoms with Crippen molar-refractivity contribution in [3.05, 3.63) is 22.2 Å². The molecule has 2 heterocycles. The molecule has 0 spiro atoms. The number of nitrogen functional groups attached to an aromatic ring is 1. The molecule has 0 saturated carbocycles. The first-order chi connectivity index (χ1) is 8.06. The minimum Gasteiger partial charge on any atom is -0.374 e. The molecule has 0 bridgehead atoms. The lowest BCUT2D eigenvalue weighted by molar-refractivity contribution is -0.642. The van der Waals surface area contributed by atoms with E-state index in [0.29, 0.717) is 18.4 Å². The Hall–Kier alpha value is -1.33. The lowest BCUT2D eigenvalue weighted by Crippen LogP contribution is -2.49. The van der Waals surface area contributed by atoms with E-state index in [0.717, 1.165) is 28.1 Å². The van der Waals surface area contributed by atoms with Crippen LogP contribution in [0.15, 0.2) is 0 Å². The quantitative estimate of drug-likeness (QED) is 0.495. The summed E-state index contributed by atoms with van der Waals surface area (Å²) in [5.74, 6) is 6.63. The Kier molecular flexibility index (Phi) is 3.22. The number of nitrogens with one attached hydrogen (secondary N) is 1. The SMILES string of the molecule is CCOCc1nc2c(C)c(C)[n+](N)c(Cl)c2[nH]1. The summed E-state index contributed by atoms with van der Waals surface area (Å²) in [6.45, 7) is 6.93. The van der Waals surface area contributed by atoms with Crippen molar-refractivity contribution in [2.45, 2.75) is 27.4 Å². The maximum atomic E-state index is 6.18. The molecule has 0 aromatic carbocycles. The zero-order valence-electron chi connectivity index (χ0n) is 10.2. The van der Waals surface area contributed by atoms with Crippen LogP contribution in [0.2, 0.25) is 5.15 Å². The molecule has 0 aliphatic carbocycles. The van der Waals surface area contributed by atoms with E-state index in [-0.39, 0.29) is 0 Å². The fraction of sp³-hybridized carbons (Fsp3) is 0.455. The topological polar surface area (TPSA) is 67.8 Å². The van der Waals surface area contributed by atoms with E-state index >= 15 is 0 Å². The van der Waals surface area contributed by atoms with Crippen LogP contribution in [0, 0.1) is 13.8 Å². The smallest absolute Gasteiger partial charge is 0.329 e. The van der Waals surface area contributed by atoms with Gasteiger partial charge in [-0.2, -0.15) is 0 Å². The molecule has 0 unspecified atom stereocenters. The van der Waals surface area contributed by atoms with Gasteiger partial charge in [-0.25, -0.2) is 10.8 Å². The van der Waals surface area contributed by atoms with Crippen LogP contribution in [0.3, 0.4) is 0 Å². The molecule has 6 heteroatoms. The number of hydrogen-bond acceptors (Lipinski definition) is 3. The number of nitrogens with two attached hydrogens (primary N) is 1. The molecule has 2 aromatic heterocycles. The van der Waals surface area contributed by atoms with Gasteiger partial charge < -0.3 is 9.72 Å². The number of hydrogen-bond donors (Lipinski definition) is 2. The van der Waals surface area contributed by atoms with Gasteiger partial charge in [-0.1, -0.05) is 4.68 Å². The lowest BCUT2D eigenvalue weighted by Gasteiger charge is -1.99. The Labute approximate surface area is 105 Å². The normalized spacial score (nSPS) is 11.3. The Morgan fingerprint density at radius 2 is 2.18 bits per heavy atom. The van der Waals surface area contributed by atoms with Crippen molar-refractivity contribution in [1.82, 2.24) is 9.97 Å². The Bertz CT molecular complexity index is 519. The standard InChI is InChI=1S/C11H15ClN4O/c1-4-17-5-8-14-9-6(2)7(3)16(13)11(12)10(9)15-8/h4-5,13H2,1-3H3/p+1. The molecule has 17 heavy (non-hydrogen) atoms. The van der Waals surface area contributed by atoms with E-state index < -0.39 is 0 Å². The molecule has 92 valence electrons. The number of aryl methyl sites for hydroxylation is 1. The van der Waals surface area contributed by atoms with Crippen molar-refractivity contribution in [3.8, 4) is 0 Å². The number of imidazole rings is 1. The third-order valence-electron chi connectivity index (χ3n) is 2.87. The average molecular weight is 256 g/mol. The van der Waals surface area contributed by atoms with Gasteiger partial charge in [-0.05, 0) is 25.4 Å². The van der Waals surface area contributed by atoms with Gasteiger partial charge in [0.25, 0.3) is 0 Å². The fourth-order valence-corrected chi connectivity index (χ4v) is 1.99. The molecule has 0 atom stereocenters. The molecule has 0 saturated heterocycles. The maximum absolute atomic E-state index is 6.18. The number of halogens is 1. The highest BCUT2D eigenvalue weighted by atomic mass is 35.5. The van der Waals surface area contributed by atoms with E-state index in [1.807, 2.05) is 20.8 Å². The molecular weight excluding hydrogens is 240 g/mol. The van der Waals surface area contributed by atoms with Gasteiger partial charge in [0, 0.05) is 19.1 Å². The molecule has 5 nitrogen and oxygen atoms in total. The third kappa shape index (κ3) is 1.96. The number of nitrogens with zero attached hydrogens (tertiary/aromatic N) is 2. The molecule has 2 aromatic rings. The highest BCUT2D eigenvalue weighted by Crippen LogP contribution is 2.22.